The molecule has 21 heavy (non-hydrogen) atoms. The van der Waals surface area contributed by atoms with Crippen molar-refractivity contribution in [1.29, 1.82) is 0 Å². The lowest BCUT2D eigenvalue weighted by molar-refractivity contribution is 0.0698. The number of piperidine rings is 1. The fourth-order valence-corrected chi connectivity index (χ4v) is 2.81. The molecule has 0 N–H and O–H groups in total. The average molecular weight is 310 g/mol. The van der Waals surface area contributed by atoms with E-state index < -0.39 is 0 Å². The normalized spacial score (nSPS) is 16.0. The molecule has 1 aliphatic rings. The molecule has 1 aliphatic heterocycles. The zero-order chi connectivity index (χ0) is 15.1. The van der Waals surface area contributed by atoms with E-state index in [2.05, 4.69) is 6.92 Å². The molecule has 0 aliphatic carbocycles. The summed E-state index contributed by atoms with van der Waals surface area (Å²) in [6, 6.07) is 7.48. The lowest BCUT2D eigenvalue weighted by Crippen LogP contribution is -2.38. The Morgan fingerprint density at radius 2 is 1.95 bits per heavy atom. The van der Waals surface area contributed by atoms with E-state index in [1.54, 1.807) is 0 Å². The lowest BCUT2D eigenvalue weighted by atomic mass is 9.98. The molecular formula is C17H24ClNO2. The van der Waals surface area contributed by atoms with Crippen LogP contribution in [0.5, 0.6) is 5.75 Å². The second-order valence-corrected chi connectivity index (χ2v) is 5.92. The van der Waals surface area contributed by atoms with Gasteiger partial charge in [0.1, 0.15) is 5.75 Å². The Balaban J connectivity index is 1.88. The summed E-state index contributed by atoms with van der Waals surface area (Å²) < 4.78 is 5.62. The summed E-state index contributed by atoms with van der Waals surface area (Å²) in [5.74, 6) is 2.21. The molecule has 0 aromatic heterocycles. The number of carbonyl (C=O) groups is 1. The summed E-state index contributed by atoms with van der Waals surface area (Å²) in [4.78, 5) is 14.3. The van der Waals surface area contributed by atoms with E-state index >= 15 is 0 Å². The topological polar surface area (TPSA) is 29.5 Å². The summed E-state index contributed by atoms with van der Waals surface area (Å²) >= 11 is 5.88. The van der Waals surface area contributed by atoms with Crippen molar-refractivity contribution in [2.75, 3.05) is 25.6 Å². The fourth-order valence-electron chi connectivity index (χ4n) is 2.50. The van der Waals surface area contributed by atoms with Crippen LogP contribution >= 0.6 is 11.6 Å². The maximum absolute atomic E-state index is 12.4. The van der Waals surface area contributed by atoms with Gasteiger partial charge in [-0.1, -0.05) is 13.3 Å². The third-order valence-electron chi connectivity index (χ3n) is 3.99. The van der Waals surface area contributed by atoms with Crippen molar-refractivity contribution in [3.05, 3.63) is 29.8 Å². The van der Waals surface area contributed by atoms with Crippen LogP contribution in [0.25, 0.3) is 0 Å². The SMILES string of the molecule is CCCCOc1ccc(C(=O)N2CCC(CCl)CC2)cc1. The number of likely N-dealkylation sites (tertiary alicyclic amines) is 1. The van der Waals surface area contributed by atoms with E-state index in [0.29, 0.717) is 11.8 Å². The molecule has 0 atom stereocenters. The Kier molecular flexibility index (Phi) is 6.37. The largest absolute Gasteiger partial charge is 0.494 e. The summed E-state index contributed by atoms with van der Waals surface area (Å²) in [7, 11) is 0. The smallest absolute Gasteiger partial charge is 0.253 e. The van der Waals surface area contributed by atoms with Crippen LogP contribution in [0.1, 0.15) is 43.0 Å². The van der Waals surface area contributed by atoms with Gasteiger partial charge in [0, 0.05) is 24.5 Å². The minimum Gasteiger partial charge on any atom is -0.494 e. The Labute approximate surface area is 132 Å². The lowest BCUT2D eigenvalue weighted by Gasteiger charge is -2.31. The molecule has 1 heterocycles. The number of hydrogen-bond acceptors (Lipinski definition) is 2. The van der Waals surface area contributed by atoms with Crippen LogP contribution in [0, 0.1) is 5.92 Å². The van der Waals surface area contributed by atoms with Crippen molar-refractivity contribution in [2.24, 2.45) is 5.92 Å². The summed E-state index contributed by atoms with van der Waals surface area (Å²) in [6.07, 6.45) is 4.19. The van der Waals surface area contributed by atoms with Gasteiger partial charge < -0.3 is 9.64 Å². The van der Waals surface area contributed by atoms with E-state index in [9.17, 15) is 4.79 Å². The first-order valence-electron chi connectivity index (χ1n) is 7.82. The predicted octanol–water partition coefficient (Wildman–Crippen LogP) is 3.96. The number of rotatable bonds is 6. The van der Waals surface area contributed by atoms with Crippen LogP contribution in [0.3, 0.4) is 0 Å². The van der Waals surface area contributed by atoms with Gasteiger partial charge in [0.05, 0.1) is 6.61 Å². The van der Waals surface area contributed by atoms with Gasteiger partial charge in [0.25, 0.3) is 5.91 Å². The van der Waals surface area contributed by atoms with Crippen molar-refractivity contribution in [3.8, 4) is 5.75 Å². The zero-order valence-corrected chi connectivity index (χ0v) is 13.4. The van der Waals surface area contributed by atoms with Crippen molar-refractivity contribution in [3.63, 3.8) is 0 Å². The molecule has 116 valence electrons. The zero-order valence-electron chi connectivity index (χ0n) is 12.7. The Morgan fingerprint density at radius 3 is 2.52 bits per heavy atom. The Hall–Kier alpha value is -1.22. The second kappa shape index (κ2) is 8.28. The number of benzene rings is 1. The number of hydrogen-bond donors (Lipinski definition) is 0. The van der Waals surface area contributed by atoms with Crippen LogP contribution in [0.15, 0.2) is 24.3 Å². The minimum absolute atomic E-state index is 0.114. The highest BCUT2D eigenvalue weighted by Gasteiger charge is 2.22. The molecule has 0 bridgehead atoms. The van der Waals surface area contributed by atoms with Gasteiger partial charge in [0.2, 0.25) is 0 Å². The van der Waals surface area contributed by atoms with Gasteiger partial charge in [0.15, 0.2) is 0 Å². The van der Waals surface area contributed by atoms with Crippen LogP contribution in [0.4, 0.5) is 0 Å². The maximum atomic E-state index is 12.4. The van der Waals surface area contributed by atoms with Gasteiger partial charge >= 0.3 is 0 Å². The first kappa shape index (κ1) is 16.2. The summed E-state index contributed by atoms with van der Waals surface area (Å²) in [6.45, 7) is 4.49. The highest BCUT2D eigenvalue weighted by molar-refractivity contribution is 6.18. The number of ether oxygens (including phenoxy) is 1. The Morgan fingerprint density at radius 1 is 1.29 bits per heavy atom. The summed E-state index contributed by atoms with van der Waals surface area (Å²) in [5.41, 5.74) is 0.738. The van der Waals surface area contributed by atoms with E-state index in [1.165, 1.54) is 0 Å². The molecule has 2 rings (SSSR count). The molecule has 0 unspecified atom stereocenters. The van der Waals surface area contributed by atoms with E-state index in [4.69, 9.17) is 16.3 Å². The Bertz CT molecular complexity index is 439. The van der Waals surface area contributed by atoms with Crippen molar-refractivity contribution in [1.82, 2.24) is 4.90 Å². The molecule has 1 aromatic rings. The first-order chi connectivity index (χ1) is 10.2. The highest BCUT2D eigenvalue weighted by atomic mass is 35.5. The average Bonchev–Trinajstić information content (AvgIpc) is 2.55. The van der Waals surface area contributed by atoms with E-state index in [-0.39, 0.29) is 5.91 Å². The number of unbranched alkanes of at least 4 members (excludes halogenated alkanes) is 1. The highest BCUT2D eigenvalue weighted by Crippen LogP contribution is 2.21. The third kappa shape index (κ3) is 4.63. The van der Waals surface area contributed by atoms with Crippen molar-refractivity contribution < 1.29 is 9.53 Å². The van der Waals surface area contributed by atoms with Crippen LogP contribution in [0.2, 0.25) is 0 Å². The molecule has 1 saturated heterocycles. The molecule has 1 aromatic carbocycles. The molecule has 0 spiro atoms. The van der Waals surface area contributed by atoms with Gasteiger partial charge in [-0.15, -0.1) is 11.6 Å². The molecule has 1 amide bonds. The van der Waals surface area contributed by atoms with E-state index in [1.807, 2.05) is 29.2 Å². The van der Waals surface area contributed by atoms with E-state index in [0.717, 1.165) is 56.7 Å². The van der Waals surface area contributed by atoms with Gasteiger partial charge in [-0.2, -0.15) is 0 Å². The predicted molar refractivity (Wildman–Crippen MR) is 86.2 cm³/mol. The number of halogens is 1. The van der Waals surface area contributed by atoms with Crippen LogP contribution in [-0.4, -0.2) is 36.4 Å². The van der Waals surface area contributed by atoms with Crippen LogP contribution in [-0.2, 0) is 0 Å². The van der Waals surface area contributed by atoms with Gasteiger partial charge in [-0.25, -0.2) is 0 Å². The maximum Gasteiger partial charge on any atom is 0.253 e. The number of nitrogens with zero attached hydrogens (tertiary/aromatic N) is 1. The quantitative estimate of drug-likeness (QED) is 0.588. The minimum atomic E-state index is 0.114. The molecular weight excluding hydrogens is 286 g/mol. The fraction of sp³-hybridized carbons (Fsp3) is 0.588. The first-order valence-corrected chi connectivity index (χ1v) is 8.36. The molecule has 1 fully saturated rings. The molecule has 0 saturated carbocycles. The standard InChI is InChI=1S/C17H24ClNO2/c1-2-3-12-21-16-6-4-15(5-7-16)17(20)19-10-8-14(13-18)9-11-19/h4-7,14H,2-3,8-13H2,1H3. The number of amides is 1. The monoisotopic (exact) mass is 309 g/mol. The number of alkyl halides is 1. The third-order valence-corrected chi connectivity index (χ3v) is 4.42. The second-order valence-electron chi connectivity index (χ2n) is 5.62. The summed E-state index contributed by atoms with van der Waals surface area (Å²) in [5, 5.41) is 0. The van der Waals surface area contributed by atoms with Crippen molar-refractivity contribution in [2.45, 2.75) is 32.6 Å². The van der Waals surface area contributed by atoms with Crippen LogP contribution < -0.4 is 4.74 Å². The number of carbonyl (C=O) groups excluding carboxylic acids is 1. The molecule has 4 heteroatoms. The molecule has 3 nitrogen and oxygen atoms in total. The molecule has 0 radical (unpaired) electrons. The van der Waals surface area contributed by atoms with Gasteiger partial charge in [-0.3, -0.25) is 4.79 Å². The van der Waals surface area contributed by atoms with Crippen molar-refractivity contribution >= 4 is 17.5 Å². The van der Waals surface area contributed by atoms with Gasteiger partial charge in [-0.05, 0) is 49.4 Å².